The number of carbonyl (C=O) groups is 2. The first-order valence-electron chi connectivity index (χ1n) is 9.15. The minimum absolute atomic E-state index is 0.0432. The van der Waals surface area contributed by atoms with Crippen molar-refractivity contribution in [1.82, 2.24) is 10.2 Å². The number of benzene rings is 1. The quantitative estimate of drug-likeness (QED) is 0.618. The van der Waals surface area contributed by atoms with E-state index in [1.165, 1.54) is 12.1 Å². The molecule has 2 fully saturated rings. The minimum Gasteiger partial charge on any atom is -0.371 e. The summed E-state index contributed by atoms with van der Waals surface area (Å²) in [6.45, 7) is 3.49. The summed E-state index contributed by atoms with van der Waals surface area (Å²) in [4.78, 5) is 39.1. The maximum Gasteiger partial charge on any atom is 0.270 e. The fourth-order valence-electron chi connectivity index (χ4n) is 3.56. The highest BCUT2D eigenvalue weighted by Crippen LogP contribution is 2.28. The van der Waals surface area contributed by atoms with Crippen LogP contribution < -0.4 is 10.2 Å². The van der Waals surface area contributed by atoms with Crippen LogP contribution in [0.1, 0.15) is 42.5 Å². The maximum absolute atomic E-state index is 12.6. The predicted molar refractivity (Wildman–Crippen MR) is 97.3 cm³/mol. The molecule has 0 radical (unpaired) electrons. The van der Waals surface area contributed by atoms with Crippen molar-refractivity contribution in [2.75, 3.05) is 37.6 Å². The Morgan fingerprint density at radius 3 is 2.38 bits per heavy atom. The van der Waals surface area contributed by atoms with Gasteiger partial charge in [0.1, 0.15) is 0 Å². The smallest absolute Gasteiger partial charge is 0.270 e. The van der Waals surface area contributed by atoms with Crippen molar-refractivity contribution in [2.24, 2.45) is 0 Å². The van der Waals surface area contributed by atoms with Crippen LogP contribution in [0.4, 0.5) is 11.4 Å². The minimum atomic E-state index is -0.499. The van der Waals surface area contributed by atoms with E-state index in [1.54, 1.807) is 6.07 Å². The average Bonchev–Trinajstić information content (AvgIpc) is 3.34. The van der Waals surface area contributed by atoms with Gasteiger partial charge in [-0.25, -0.2) is 0 Å². The van der Waals surface area contributed by atoms with Gasteiger partial charge in [0.2, 0.25) is 5.91 Å². The van der Waals surface area contributed by atoms with E-state index in [0.29, 0.717) is 5.56 Å². The van der Waals surface area contributed by atoms with Gasteiger partial charge >= 0.3 is 0 Å². The Morgan fingerprint density at radius 2 is 1.73 bits per heavy atom. The summed E-state index contributed by atoms with van der Waals surface area (Å²) in [5.74, 6) is -0.327. The zero-order valence-corrected chi connectivity index (χ0v) is 14.8. The van der Waals surface area contributed by atoms with Crippen LogP contribution in [0.3, 0.4) is 0 Å². The largest absolute Gasteiger partial charge is 0.371 e. The topological polar surface area (TPSA) is 95.8 Å². The number of non-ortho nitro benzene ring substituents is 1. The van der Waals surface area contributed by atoms with Crippen LogP contribution in [0.25, 0.3) is 0 Å². The summed E-state index contributed by atoms with van der Waals surface area (Å²) in [5, 5.41) is 13.8. The number of likely N-dealkylation sites (tertiary alicyclic amines) is 1. The maximum atomic E-state index is 12.6. The molecule has 1 aromatic rings. The summed E-state index contributed by atoms with van der Waals surface area (Å²) in [6, 6.07) is 4.40. The Balaban J connectivity index is 1.67. The van der Waals surface area contributed by atoms with Gasteiger partial charge < -0.3 is 15.1 Å². The third-order valence-corrected chi connectivity index (χ3v) is 4.97. The molecule has 8 heteroatoms. The molecule has 1 N–H and O–H groups in total. The molecule has 1 aromatic carbocycles. The lowest BCUT2D eigenvalue weighted by Crippen LogP contribution is -2.33. The number of hydrogen-bond acceptors (Lipinski definition) is 5. The molecule has 140 valence electrons. The van der Waals surface area contributed by atoms with Gasteiger partial charge in [0.15, 0.2) is 0 Å². The lowest BCUT2D eigenvalue weighted by Gasteiger charge is -2.21. The standard InChI is InChI=1S/C18H24N4O4/c23-17(21-11-3-4-12-21)7-8-19-18(24)15-13-14(22(25)26)5-6-16(15)20-9-1-2-10-20/h5-6,13H,1-4,7-12H2,(H,19,24). The number of amides is 2. The van der Waals surface area contributed by atoms with Gasteiger partial charge in [-0.15, -0.1) is 0 Å². The first-order chi connectivity index (χ1) is 12.6. The monoisotopic (exact) mass is 360 g/mol. The second-order valence-electron chi connectivity index (χ2n) is 6.75. The highest BCUT2D eigenvalue weighted by atomic mass is 16.6. The number of anilines is 1. The van der Waals surface area contributed by atoms with Crippen LogP contribution in [0.5, 0.6) is 0 Å². The number of rotatable bonds is 6. The Bertz CT molecular complexity index is 694. The molecular weight excluding hydrogens is 336 g/mol. The van der Waals surface area contributed by atoms with Crippen molar-refractivity contribution < 1.29 is 14.5 Å². The first-order valence-corrected chi connectivity index (χ1v) is 9.15. The molecule has 2 heterocycles. The van der Waals surface area contributed by atoms with Crippen molar-refractivity contribution in [3.8, 4) is 0 Å². The van der Waals surface area contributed by atoms with Crippen LogP contribution in [-0.2, 0) is 4.79 Å². The molecule has 0 bridgehead atoms. The van der Waals surface area contributed by atoms with E-state index in [4.69, 9.17) is 0 Å². The van der Waals surface area contributed by atoms with Crippen LogP contribution >= 0.6 is 0 Å². The van der Waals surface area contributed by atoms with Gasteiger partial charge in [-0.05, 0) is 31.7 Å². The van der Waals surface area contributed by atoms with E-state index in [2.05, 4.69) is 10.2 Å². The van der Waals surface area contributed by atoms with Crippen LogP contribution in [0, 0.1) is 10.1 Å². The van der Waals surface area contributed by atoms with E-state index in [0.717, 1.165) is 57.5 Å². The molecule has 26 heavy (non-hydrogen) atoms. The number of hydrogen-bond donors (Lipinski definition) is 1. The average molecular weight is 360 g/mol. The van der Waals surface area contributed by atoms with E-state index in [9.17, 15) is 19.7 Å². The zero-order chi connectivity index (χ0) is 18.5. The molecule has 2 amide bonds. The third kappa shape index (κ3) is 4.12. The van der Waals surface area contributed by atoms with Crippen molar-refractivity contribution in [3.05, 3.63) is 33.9 Å². The van der Waals surface area contributed by atoms with Crippen molar-refractivity contribution in [1.29, 1.82) is 0 Å². The van der Waals surface area contributed by atoms with Crippen molar-refractivity contribution in [2.45, 2.75) is 32.1 Å². The zero-order valence-electron chi connectivity index (χ0n) is 14.8. The van der Waals surface area contributed by atoms with Crippen LogP contribution in [0.2, 0.25) is 0 Å². The Kier molecular flexibility index (Phi) is 5.70. The molecule has 2 aliphatic heterocycles. The highest BCUT2D eigenvalue weighted by Gasteiger charge is 2.23. The normalized spacial score (nSPS) is 16.8. The first kappa shape index (κ1) is 18.2. The lowest BCUT2D eigenvalue weighted by atomic mass is 10.1. The second kappa shape index (κ2) is 8.16. The number of nitrogens with zero attached hydrogens (tertiary/aromatic N) is 3. The van der Waals surface area contributed by atoms with E-state index in [1.807, 2.05) is 4.90 Å². The molecular formula is C18H24N4O4. The Hall–Kier alpha value is -2.64. The lowest BCUT2D eigenvalue weighted by molar-refractivity contribution is -0.384. The van der Waals surface area contributed by atoms with Gasteiger partial charge in [-0.3, -0.25) is 19.7 Å². The van der Waals surface area contributed by atoms with Gasteiger partial charge in [0, 0.05) is 51.3 Å². The van der Waals surface area contributed by atoms with Gasteiger partial charge in [-0.1, -0.05) is 0 Å². The molecule has 3 rings (SSSR count). The van der Waals surface area contributed by atoms with E-state index >= 15 is 0 Å². The SMILES string of the molecule is O=C(NCCC(=O)N1CCCC1)c1cc([N+](=O)[O-])ccc1N1CCCC1. The molecule has 2 aliphatic rings. The molecule has 8 nitrogen and oxygen atoms in total. The highest BCUT2D eigenvalue weighted by molar-refractivity contribution is 6.00. The predicted octanol–water partition coefficient (Wildman–Crippen LogP) is 1.94. The summed E-state index contributed by atoms with van der Waals surface area (Å²) in [6.07, 6.45) is 4.40. The number of nitro benzene ring substituents is 1. The molecule has 0 aliphatic carbocycles. The second-order valence-corrected chi connectivity index (χ2v) is 6.75. The molecule has 0 atom stereocenters. The fraction of sp³-hybridized carbons (Fsp3) is 0.556. The summed E-state index contributed by atoms with van der Waals surface area (Å²) >= 11 is 0. The molecule has 0 unspecified atom stereocenters. The van der Waals surface area contributed by atoms with Gasteiger partial charge in [0.25, 0.3) is 11.6 Å². The van der Waals surface area contributed by atoms with Crippen LogP contribution in [0.15, 0.2) is 18.2 Å². The van der Waals surface area contributed by atoms with E-state index < -0.39 is 4.92 Å². The number of nitrogens with one attached hydrogen (secondary N) is 1. The van der Waals surface area contributed by atoms with Crippen molar-refractivity contribution >= 4 is 23.2 Å². The number of carbonyl (C=O) groups excluding carboxylic acids is 2. The molecule has 2 saturated heterocycles. The molecule has 0 saturated carbocycles. The van der Waals surface area contributed by atoms with Crippen LogP contribution in [-0.4, -0.2) is 54.4 Å². The molecule has 0 spiro atoms. The molecule has 0 aromatic heterocycles. The Morgan fingerprint density at radius 1 is 1.08 bits per heavy atom. The summed E-state index contributed by atoms with van der Waals surface area (Å²) in [5.41, 5.74) is 0.914. The van der Waals surface area contributed by atoms with Gasteiger partial charge in [-0.2, -0.15) is 0 Å². The fourth-order valence-corrected chi connectivity index (χ4v) is 3.56. The number of nitro groups is 1. The van der Waals surface area contributed by atoms with Gasteiger partial charge in [0.05, 0.1) is 16.2 Å². The van der Waals surface area contributed by atoms with E-state index in [-0.39, 0.29) is 30.5 Å². The van der Waals surface area contributed by atoms with Crippen molar-refractivity contribution in [3.63, 3.8) is 0 Å². The third-order valence-electron chi connectivity index (χ3n) is 4.97. The summed E-state index contributed by atoms with van der Waals surface area (Å²) < 4.78 is 0. The summed E-state index contributed by atoms with van der Waals surface area (Å²) in [7, 11) is 0. The Labute approximate surface area is 152 Å².